The molecule has 0 atom stereocenters. The van der Waals surface area contributed by atoms with Gasteiger partial charge >= 0.3 is 17.8 Å². The highest BCUT2D eigenvalue weighted by atomic mass is 19.4. The minimum Gasteiger partial charge on any atom is -0.459 e. The molecule has 0 bridgehead atoms. The lowest BCUT2D eigenvalue weighted by atomic mass is 10.1. The summed E-state index contributed by atoms with van der Waals surface area (Å²) in [5.41, 5.74) is -4.19. The van der Waals surface area contributed by atoms with Gasteiger partial charge in [0.2, 0.25) is 0 Å². The molecule has 32 heavy (non-hydrogen) atoms. The summed E-state index contributed by atoms with van der Waals surface area (Å²) in [5, 5.41) is 14.5. The zero-order valence-electron chi connectivity index (χ0n) is 16.9. The van der Waals surface area contributed by atoms with E-state index in [-0.39, 0.29) is 17.9 Å². The number of nitrogens with zero attached hydrogens (tertiary/aromatic N) is 1. The molecule has 0 fully saturated rings. The van der Waals surface area contributed by atoms with Crippen LogP contribution in [0.2, 0.25) is 0 Å². The van der Waals surface area contributed by atoms with Crippen molar-refractivity contribution in [3.8, 4) is 0 Å². The van der Waals surface area contributed by atoms with Crippen molar-refractivity contribution in [3.63, 3.8) is 0 Å². The first-order valence-corrected chi connectivity index (χ1v) is 9.21. The third-order valence-electron chi connectivity index (χ3n) is 4.42. The van der Waals surface area contributed by atoms with E-state index >= 15 is 0 Å². The topological polar surface area (TPSA) is 112 Å². The van der Waals surface area contributed by atoms with Crippen LogP contribution in [0.5, 0.6) is 0 Å². The van der Waals surface area contributed by atoms with Crippen molar-refractivity contribution in [2.45, 2.75) is 25.6 Å². The number of anilines is 1. The van der Waals surface area contributed by atoms with E-state index in [1.54, 1.807) is 24.3 Å². The number of para-hydroxylation sites is 1. The summed E-state index contributed by atoms with van der Waals surface area (Å²) in [6.07, 6.45) is -4.74. The molecule has 0 aliphatic heterocycles. The largest absolute Gasteiger partial charge is 0.459 e. The number of hydrogen-bond acceptors (Lipinski definition) is 7. The van der Waals surface area contributed by atoms with Gasteiger partial charge in [0.15, 0.2) is 0 Å². The SMILES string of the molecule is CC(C)(COC(=O)c1cc2ccccc2oc1=O)Nc1ccc(C(F)(F)F)cc1[N+](=O)[O-]. The molecule has 11 heteroatoms. The van der Waals surface area contributed by atoms with Gasteiger partial charge in [0.05, 0.1) is 16.0 Å². The zero-order valence-corrected chi connectivity index (χ0v) is 16.9. The van der Waals surface area contributed by atoms with Gasteiger partial charge in [-0.1, -0.05) is 18.2 Å². The summed E-state index contributed by atoms with van der Waals surface area (Å²) < 4.78 is 48.8. The zero-order chi connectivity index (χ0) is 23.7. The highest BCUT2D eigenvalue weighted by molar-refractivity contribution is 5.92. The Morgan fingerprint density at radius 2 is 1.84 bits per heavy atom. The van der Waals surface area contributed by atoms with Crippen LogP contribution >= 0.6 is 0 Å². The number of hydrogen-bond donors (Lipinski definition) is 1. The van der Waals surface area contributed by atoms with Crippen molar-refractivity contribution < 1.29 is 32.0 Å². The number of esters is 1. The van der Waals surface area contributed by atoms with E-state index in [2.05, 4.69) is 5.32 Å². The molecule has 0 aliphatic carbocycles. The van der Waals surface area contributed by atoms with Crippen LogP contribution in [0, 0.1) is 10.1 Å². The number of carbonyl (C=O) groups is 1. The molecule has 0 unspecified atom stereocenters. The maximum atomic E-state index is 12.9. The summed E-state index contributed by atoms with van der Waals surface area (Å²) in [6, 6.07) is 9.95. The molecule has 8 nitrogen and oxygen atoms in total. The Labute approximate surface area is 178 Å². The van der Waals surface area contributed by atoms with E-state index in [9.17, 15) is 32.9 Å². The number of fused-ring (bicyclic) bond motifs is 1. The number of nitrogens with one attached hydrogen (secondary N) is 1. The van der Waals surface area contributed by atoms with Crippen LogP contribution in [0.25, 0.3) is 11.0 Å². The minimum absolute atomic E-state index is 0.186. The number of carbonyl (C=O) groups excluding carboxylic acids is 1. The van der Waals surface area contributed by atoms with E-state index in [4.69, 9.17) is 9.15 Å². The van der Waals surface area contributed by atoms with Crippen LogP contribution in [0.15, 0.2) is 57.7 Å². The number of nitro groups is 1. The average molecular weight is 450 g/mol. The van der Waals surface area contributed by atoms with Gasteiger partial charge in [0.1, 0.15) is 23.4 Å². The van der Waals surface area contributed by atoms with Gasteiger partial charge < -0.3 is 14.5 Å². The molecule has 1 heterocycles. The van der Waals surface area contributed by atoms with Gasteiger partial charge in [-0.25, -0.2) is 9.59 Å². The molecule has 2 aromatic carbocycles. The molecule has 1 aromatic heterocycles. The Kier molecular flexibility index (Phi) is 5.93. The van der Waals surface area contributed by atoms with Crippen LogP contribution in [0.3, 0.4) is 0 Å². The molecule has 0 saturated heterocycles. The average Bonchev–Trinajstić information content (AvgIpc) is 2.70. The molecule has 3 rings (SSSR count). The maximum absolute atomic E-state index is 12.9. The fraction of sp³-hybridized carbons (Fsp3) is 0.238. The number of rotatable bonds is 6. The van der Waals surface area contributed by atoms with E-state index in [0.717, 1.165) is 6.07 Å². The monoisotopic (exact) mass is 450 g/mol. The van der Waals surface area contributed by atoms with Gasteiger partial charge in [0, 0.05) is 11.5 Å². The van der Waals surface area contributed by atoms with Gasteiger partial charge in [0.25, 0.3) is 5.69 Å². The van der Waals surface area contributed by atoms with E-state index in [1.165, 1.54) is 19.9 Å². The number of nitro benzene ring substituents is 1. The predicted octanol–water partition coefficient (Wildman–Crippen LogP) is 4.77. The smallest absolute Gasteiger partial charge is 0.416 e. The minimum atomic E-state index is -4.74. The first-order chi connectivity index (χ1) is 14.9. The predicted molar refractivity (Wildman–Crippen MR) is 109 cm³/mol. The molecule has 0 saturated carbocycles. The number of halogens is 3. The Morgan fingerprint density at radius 1 is 1.16 bits per heavy atom. The van der Waals surface area contributed by atoms with Crippen molar-refractivity contribution >= 4 is 28.3 Å². The van der Waals surface area contributed by atoms with Crippen LogP contribution in [0.1, 0.15) is 29.8 Å². The van der Waals surface area contributed by atoms with E-state index < -0.39 is 39.5 Å². The lowest BCUT2D eigenvalue weighted by Crippen LogP contribution is -2.38. The fourth-order valence-electron chi connectivity index (χ4n) is 2.89. The van der Waals surface area contributed by atoms with Crippen molar-refractivity contribution in [1.29, 1.82) is 0 Å². The molecule has 0 radical (unpaired) electrons. The van der Waals surface area contributed by atoms with Crippen LogP contribution < -0.4 is 10.9 Å². The van der Waals surface area contributed by atoms with Gasteiger partial charge in [-0.3, -0.25) is 10.1 Å². The second-order valence-corrected chi connectivity index (χ2v) is 7.56. The number of ether oxygens (including phenoxy) is 1. The second-order valence-electron chi connectivity index (χ2n) is 7.56. The van der Waals surface area contributed by atoms with Crippen LogP contribution in [-0.2, 0) is 10.9 Å². The normalized spacial score (nSPS) is 11.9. The molecule has 0 aliphatic rings. The van der Waals surface area contributed by atoms with Crippen molar-refractivity contribution in [3.05, 3.63) is 80.2 Å². The number of alkyl halides is 3. The molecular formula is C21H17F3N2O6. The summed E-state index contributed by atoms with van der Waals surface area (Å²) in [6.45, 7) is 2.69. The van der Waals surface area contributed by atoms with E-state index in [0.29, 0.717) is 23.1 Å². The van der Waals surface area contributed by atoms with E-state index in [1.807, 2.05) is 0 Å². The molecule has 3 aromatic rings. The Balaban J connectivity index is 1.77. The quantitative estimate of drug-likeness (QED) is 0.249. The van der Waals surface area contributed by atoms with Gasteiger partial charge in [-0.2, -0.15) is 13.2 Å². The molecule has 168 valence electrons. The Hall–Kier alpha value is -3.89. The molecule has 1 N–H and O–H groups in total. The standard InChI is InChI=1S/C21H17F3N2O6/c1-20(2,25-15-8-7-13(21(22,23)24)10-16(15)26(29)30)11-31-18(27)14-9-12-5-3-4-6-17(12)32-19(14)28/h3-10,25H,11H2,1-2H3. The fourth-order valence-corrected chi connectivity index (χ4v) is 2.89. The summed E-state index contributed by atoms with van der Waals surface area (Å²) in [7, 11) is 0. The van der Waals surface area contributed by atoms with Crippen molar-refractivity contribution in [2.75, 3.05) is 11.9 Å². The van der Waals surface area contributed by atoms with Crippen LogP contribution in [-0.4, -0.2) is 23.0 Å². The highest BCUT2D eigenvalue weighted by Gasteiger charge is 2.34. The summed E-state index contributed by atoms with van der Waals surface area (Å²) >= 11 is 0. The number of benzene rings is 2. The van der Waals surface area contributed by atoms with Crippen molar-refractivity contribution in [1.82, 2.24) is 0 Å². The molecular weight excluding hydrogens is 433 g/mol. The molecule has 0 spiro atoms. The van der Waals surface area contributed by atoms with Crippen molar-refractivity contribution in [2.24, 2.45) is 0 Å². The summed E-state index contributed by atoms with van der Waals surface area (Å²) in [5.74, 6) is -0.971. The van der Waals surface area contributed by atoms with Gasteiger partial charge in [-0.05, 0) is 38.1 Å². The summed E-state index contributed by atoms with van der Waals surface area (Å²) in [4.78, 5) is 34.8. The third kappa shape index (κ3) is 5.05. The lowest BCUT2D eigenvalue weighted by Gasteiger charge is -2.27. The lowest BCUT2D eigenvalue weighted by molar-refractivity contribution is -0.384. The Morgan fingerprint density at radius 3 is 2.50 bits per heavy atom. The van der Waals surface area contributed by atoms with Gasteiger partial charge in [-0.15, -0.1) is 0 Å². The van der Waals surface area contributed by atoms with Crippen LogP contribution in [0.4, 0.5) is 24.5 Å². The highest BCUT2D eigenvalue weighted by Crippen LogP contribution is 2.36. The Bertz CT molecular complexity index is 1250. The third-order valence-corrected chi connectivity index (χ3v) is 4.42. The second kappa shape index (κ2) is 8.33. The first-order valence-electron chi connectivity index (χ1n) is 9.21. The maximum Gasteiger partial charge on any atom is 0.416 e. The molecule has 0 amide bonds. The first kappa shape index (κ1) is 22.8.